The molecule has 1 fully saturated rings. The monoisotopic (exact) mass is 227 g/mol. The van der Waals surface area contributed by atoms with Gasteiger partial charge in [0.2, 0.25) is 0 Å². The molecule has 1 saturated carbocycles. The van der Waals surface area contributed by atoms with E-state index >= 15 is 0 Å². The zero-order valence-electron chi connectivity index (χ0n) is 8.71. The quantitative estimate of drug-likeness (QED) is 0.586. The number of nitrogens with zero attached hydrogens (tertiary/aromatic N) is 3. The highest BCUT2D eigenvalue weighted by Gasteiger charge is 2.32. The lowest BCUT2D eigenvalue weighted by Crippen LogP contribution is -2.29. The fourth-order valence-electron chi connectivity index (χ4n) is 1.89. The fraction of sp³-hybridized carbons (Fsp3) is 0.667. The number of thioether (sulfide) groups is 1. The maximum Gasteiger partial charge on any atom is 0.309 e. The number of nitro groups is 1. The van der Waals surface area contributed by atoms with E-state index in [9.17, 15) is 10.1 Å². The van der Waals surface area contributed by atoms with Crippen LogP contribution in [0.15, 0.2) is 6.20 Å². The third-order valence-corrected chi connectivity index (χ3v) is 4.02. The Hall–Kier alpha value is -1.04. The van der Waals surface area contributed by atoms with Gasteiger partial charge in [0, 0.05) is 5.25 Å². The summed E-state index contributed by atoms with van der Waals surface area (Å²) in [5.74, 6) is 0. The normalized spacial score (nSPS) is 24.9. The molecule has 1 aliphatic rings. The molecule has 0 spiro atoms. The van der Waals surface area contributed by atoms with Gasteiger partial charge in [-0.1, -0.05) is 0 Å². The van der Waals surface area contributed by atoms with E-state index in [4.69, 9.17) is 0 Å². The first kappa shape index (κ1) is 10.5. The molecule has 1 aromatic heterocycles. The van der Waals surface area contributed by atoms with Gasteiger partial charge in [-0.15, -0.1) is 0 Å². The predicted octanol–water partition coefficient (Wildman–Crippen LogP) is 2.17. The zero-order chi connectivity index (χ0) is 11.0. The van der Waals surface area contributed by atoms with Crippen molar-refractivity contribution in [3.8, 4) is 0 Å². The van der Waals surface area contributed by atoms with E-state index in [1.54, 1.807) is 11.6 Å². The molecular weight excluding hydrogens is 214 g/mol. The smallest absolute Gasteiger partial charge is 0.260 e. The Morgan fingerprint density at radius 2 is 2.33 bits per heavy atom. The molecule has 0 aliphatic heterocycles. The Kier molecular flexibility index (Phi) is 2.68. The zero-order valence-corrected chi connectivity index (χ0v) is 9.53. The molecule has 0 saturated heterocycles. The third-order valence-electron chi connectivity index (χ3n) is 2.96. The number of hydrogen-bond donors (Lipinski definition) is 0. The Morgan fingerprint density at radius 1 is 1.67 bits per heavy atom. The van der Waals surface area contributed by atoms with Gasteiger partial charge < -0.3 is 0 Å². The van der Waals surface area contributed by atoms with E-state index in [1.165, 1.54) is 6.20 Å². The van der Waals surface area contributed by atoms with Crippen LogP contribution in [0.4, 0.5) is 5.69 Å². The fourth-order valence-corrected chi connectivity index (χ4v) is 2.72. The Balaban J connectivity index is 2.14. The van der Waals surface area contributed by atoms with E-state index in [2.05, 4.69) is 11.4 Å². The molecule has 2 rings (SSSR count). The summed E-state index contributed by atoms with van der Waals surface area (Å²) >= 11 is 1.85. The molecule has 0 bridgehead atoms. The van der Waals surface area contributed by atoms with Crippen LogP contribution < -0.4 is 0 Å². The largest absolute Gasteiger partial charge is 0.309 e. The Bertz CT molecular complexity index is 385. The van der Waals surface area contributed by atoms with Gasteiger partial charge in [-0.2, -0.15) is 16.9 Å². The summed E-state index contributed by atoms with van der Waals surface area (Å²) in [7, 11) is 0. The molecule has 0 unspecified atom stereocenters. The van der Waals surface area contributed by atoms with Gasteiger partial charge in [0.05, 0.1) is 11.0 Å². The van der Waals surface area contributed by atoms with Crippen LogP contribution in [0.3, 0.4) is 0 Å². The van der Waals surface area contributed by atoms with Crippen molar-refractivity contribution in [2.24, 2.45) is 0 Å². The van der Waals surface area contributed by atoms with E-state index < -0.39 is 0 Å². The molecule has 82 valence electrons. The van der Waals surface area contributed by atoms with Gasteiger partial charge in [0.1, 0.15) is 11.9 Å². The van der Waals surface area contributed by atoms with Gasteiger partial charge in [-0.05, 0) is 26.0 Å². The molecule has 0 amide bonds. The van der Waals surface area contributed by atoms with Crippen molar-refractivity contribution in [2.75, 3.05) is 6.26 Å². The summed E-state index contributed by atoms with van der Waals surface area (Å²) in [6.07, 6.45) is 5.59. The minimum absolute atomic E-state index is 0.127. The van der Waals surface area contributed by atoms with Crippen molar-refractivity contribution >= 4 is 17.4 Å². The second-order valence-corrected chi connectivity index (χ2v) is 4.94. The third kappa shape index (κ3) is 1.73. The number of rotatable bonds is 3. The standard InChI is InChI=1S/C9H13N3O2S/c1-6-9(12(13)14)5-10-11(6)7-3-8(4-7)15-2/h5,7-8H,3-4H2,1-2H3/t7-,8+. The summed E-state index contributed by atoms with van der Waals surface area (Å²) in [4.78, 5) is 10.3. The predicted molar refractivity (Wildman–Crippen MR) is 59.2 cm³/mol. The first-order valence-corrected chi connectivity index (χ1v) is 6.13. The van der Waals surface area contributed by atoms with Crippen LogP contribution in [0.25, 0.3) is 0 Å². The van der Waals surface area contributed by atoms with Crippen LogP contribution in [-0.2, 0) is 0 Å². The lowest BCUT2D eigenvalue weighted by atomic mass is 9.92. The van der Waals surface area contributed by atoms with Crippen LogP contribution in [-0.4, -0.2) is 26.2 Å². The van der Waals surface area contributed by atoms with Crippen molar-refractivity contribution in [1.29, 1.82) is 0 Å². The maximum absolute atomic E-state index is 10.6. The van der Waals surface area contributed by atoms with Crippen molar-refractivity contribution in [1.82, 2.24) is 9.78 Å². The van der Waals surface area contributed by atoms with Gasteiger partial charge in [0.25, 0.3) is 0 Å². The van der Waals surface area contributed by atoms with E-state index in [0.717, 1.165) is 12.8 Å². The first-order valence-electron chi connectivity index (χ1n) is 4.84. The molecule has 5 nitrogen and oxygen atoms in total. The van der Waals surface area contributed by atoms with Crippen molar-refractivity contribution < 1.29 is 4.92 Å². The lowest BCUT2D eigenvalue weighted by molar-refractivity contribution is -0.385. The van der Waals surface area contributed by atoms with Crippen LogP contribution in [0, 0.1) is 17.0 Å². The van der Waals surface area contributed by atoms with Crippen molar-refractivity contribution in [2.45, 2.75) is 31.1 Å². The average molecular weight is 227 g/mol. The Labute approximate surface area is 92.0 Å². The van der Waals surface area contributed by atoms with Crippen molar-refractivity contribution in [3.63, 3.8) is 0 Å². The highest BCUT2D eigenvalue weighted by Crippen LogP contribution is 2.40. The molecule has 15 heavy (non-hydrogen) atoms. The topological polar surface area (TPSA) is 61.0 Å². The minimum atomic E-state index is -0.371. The average Bonchev–Trinajstić information content (AvgIpc) is 2.46. The second kappa shape index (κ2) is 3.84. The van der Waals surface area contributed by atoms with Crippen LogP contribution in [0.2, 0.25) is 0 Å². The lowest BCUT2D eigenvalue weighted by Gasteiger charge is -2.34. The Morgan fingerprint density at radius 3 is 2.80 bits per heavy atom. The number of hydrogen-bond acceptors (Lipinski definition) is 4. The summed E-state index contributed by atoms with van der Waals surface area (Å²) in [5.41, 5.74) is 0.798. The first-order chi connectivity index (χ1) is 7.13. The van der Waals surface area contributed by atoms with Gasteiger partial charge in [-0.3, -0.25) is 14.8 Å². The van der Waals surface area contributed by atoms with Crippen LogP contribution in [0.5, 0.6) is 0 Å². The van der Waals surface area contributed by atoms with Gasteiger partial charge in [0.15, 0.2) is 0 Å². The second-order valence-electron chi connectivity index (χ2n) is 3.80. The molecule has 1 aromatic rings. The van der Waals surface area contributed by atoms with Crippen LogP contribution >= 0.6 is 11.8 Å². The summed E-state index contributed by atoms with van der Waals surface area (Å²) in [5, 5.41) is 15.4. The highest BCUT2D eigenvalue weighted by atomic mass is 32.2. The molecule has 1 aliphatic carbocycles. The summed E-state index contributed by atoms with van der Waals surface area (Å²) in [6.45, 7) is 1.76. The molecule has 0 atom stereocenters. The molecule has 6 heteroatoms. The highest BCUT2D eigenvalue weighted by molar-refractivity contribution is 7.99. The number of aromatic nitrogens is 2. The SMILES string of the molecule is CS[C@H]1C[C@@H](n2ncc([N+](=O)[O-])c2C)C1. The van der Waals surface area contributed by atoms with Crippen molar-refractivity contribution in [3.05, 3.63) is 22.0 Å². The van der Waals surface area contributed by atoms with Gasteiger partial charge >= 0.3 is 5.69 Å². The molecule has 0 radical (unpaired) electrons. The van der Waals surface area contributed by atoms with E-state index in [1.807, 2.05) is 11.8 Å². The van der Waals surface area contributed by atoms with Gasteiger partial charge in [-0.25, -0.2) is 0 Å². The summed E-state index contributed by atoms with van der Waals surface area (Å²) in [6, 6.07) is 0.358. The maximum atomic E-state index is 10.6. The molecule has 0 aromatic carbocycles. The molecule has 0 N–H and O–H groups in total. The van der Waals surface area contributed by atoms with E-state index in [0.29, 0.717) is 17.0 Å². The van der Waals surface area contributed by atoms with Crippen LogP contribution in [0.1, 0.15) is 24.6 Å². The minimum Gasteiger partial charge on any atom is -0.260 e. The molecule has 1 heterocycles. The summed E-state index contributed by atoms with van der Waals surface area (Å²) < 4.78 is 1.80. The van der Waals surface area contributed by atoms with E-state index in [-0.39, 0.29) is 10.6 Å². The molecular formula is C9H13N3O2S.